The lowest BCUT2D eigenvalue weighted by atomic mass is 10.2. The summed E-state index contributed by atoms with van der Waals surface area (Å²) in [6, 6.07) is 10.1. The second-order valence-corrected chi connectivity index (χ2v) is 4.64. The summed E-state index contributed by atoms with van der Waals surface area (Å²) in [7, 11) is 0. The highest BCUT2D eigenvalue weighted by molar-refractivity contribution is 6.37. The number of benzene rings is 1. The third-order valence-electron chi connectivity index (χ3n) is 3.24. The molecule has 2 N–H and O–H groups in total. The van der Waals surface area contributed by atoms with Gasteiger partial charge in [0.05, 0.1) is 0 Å². The van der Waals surface area contributed by atoms with Gasteiger partial charge in [0.25, 0.3) is 0 Å². The van der Waals surface area contributed by atoms with Crippen LogP contribution in [0.25, 0.3) is 0 Å². The Morgan fingerprint density at radius 2 is 1.59 bits per heavy atom. The summed E-state index contributed by atoms with van der Waals surface area (Å²) in [6.45, 7) is 8.14. The molecule has 0 atom stereocenters. The van der Waals surface area contributed by atoms with E-state index in [0.717, 1.165) is 13.1 Å². The average molecular weight is 304 g/mol. The quantitative estimate of drug-likeness (QED) is 0.505. The number of rotatable bonds is 2. The van der Waals surface area contributed by atoms with Crippen LogP contribution in [0.4, 0.5) is 5.69 Å². The normalized spacial score (nSPS) is 15.0. The molecule has 1 aromatic carbocycles. The number of nitrogens with zero attached hydrogens (tertiary/aromatic N) is 3. The summed E-state index contributed by atoms with van der Waals surface area (Å²) in [4.78, 5) is 29.8. The zero-order chi connectivity index (χ0) is 16.5. The summed E-state index contributed by atoms with van der Waals surface area (Å²) in [5.41, 5.74) is 6.92. The topological polar surface area (TPSA) is 79.0 Å². The summed E-state index contributed by atoms with van der Waals surface area (Å²) in [5, 5.41) is 0. The van der Waals surface area contributed by atoms with Crippen molar-refractivity contribution in [2.75, 3.05) is 31.1 Å². The lowest BCUT2D eigenvalue weighted by Gasteiger charge is -2.36. The smallest absolute Gasteiger partial charge is 0.315 e. The number of nitrogens with two attached hydrogens (primary N) is 1. The van der Waals surface area contributed by atoms with Gasteiger partial charge in [-0.1, -0.05) is 32.0 Å². The van der Waals surface area contributed by atoms with Crippen molar-refractivity contribution in [1.29, 1.82) is 0 Å². The van der Waals surface area contributed by atoms with Gasteiger partial charge in [-0.15, -0.1) is 0 Å². The molecule has 0 spiro atoms. The van der Waals surface area contributed by atoms with Gasteiger partial charge in [-0.25, -0.2) is 0 Å². The van der Waals surface area contributed by atoms with Gasteiger partial charge in [0, 0.05) is 38.8 Å². The maximum absolute atomic E-state index is 11.2. The van der Waals surface area contributed by atoms with Crippen molar-refractivity contribution < 1.29 is 9.59 Å². The highest BCUT2D eigenvalue weighted by Crippen LogP contribution is 2.15. The number of amides is 1. The van der Waals surface area contributed by atoms with Crippen molar-refractivity contribution in [1.82, 2.24) is 4.90 Å². The summed E-state index contributed by atoms with van der Waals surface area (Å²) in [5.74, 6) is -1.28. The molecule has 0 aliphatic carbocycles. The van der Waals surface area contributed by atoms with Crippen LogP contribution in [0.2, 0.25) is 0 Å². The molecule has 120 valence electrons. The molecule has 0 bridgehead atoms. The maximum Gasteiger partial charge on any atom is 0.315 e. The first-order chi connectivity index (χ1) is 10.6. The number of para-hydroxylation sites is 1. The van der Waals surface area contributed by atoms with E-state index in [1.807, 2.05) is 36.9 Å². The van der Waals surface area contributed by atoms with Gasteiger partial charge >= 0.3 is 5.91 Å². The van der Waals surface area contributed by atoms with E-state index in [0.29, 0.717) is 13.1 Å². The van der Waals surface area contributed by atoms with E-state index in [1.54, 1.807) is 0 Å². The molecule has 2 rings (SSSR count). The predicted molar refractivity (Wildman–Crippen MR) is 88.9 cm³/mol. The Morgan fingerprint density at radius 1 is 1.05 bits per heavy atom. The van der Waals surface area contributed by atoms with Crippen LogP contribution in [0.3, 0.4) is 0 Å². The Labute approximate surface area is 131 Å². The highest BCUT2D eigenvalue weighted by atomic mass is 16.2. The van der Waals surface area contributed by atoms with Crippen LogP contribution in [-0.4, -0.2) is 48.7 Å². The van der Waals surface area contributed by atoms with Crippen LogP contribution in [0.1, 0.15) is 20.8 Å². The van der Waals surface area contributed by atoms with Crippen molar-refractivity contribution >= 4 is 23.3 Å². The molecule has 1 heterocycles. The van der Waals surface area contributed by atoms with E-state index < -0.39 is 11.7 Å². The molecule has 0 aromatic heterocycles. The molecule has 0 radical (unpaired) electrons. The zero-order valence-electron chi connectivity index (χ0n) is 13.5. The number of anilines is 1. The van der Waals surface area contributed by atoms with Gasteiger partial charge in [-0.05, 0) is 12.1 Å². The molecular formula is C16H24N4O2. The number of hydrogen-bond acceptors (Lipinski definition) is 3. The molecule has 1 fully saturated rings. The van der Waals surface area contributed by atoms with Crippen molar-refractivity contribution in [2.45, 2.75) is 20.8 Å². The van der Waals surface area contributed by atoms with E-state index in [2.05, 4.69) is 22.0 Å². The SMILES string of the molecule is CC.CC(=O)C(=O)N=C(N)N1CCN(c2ccccc2)CC1. The zero-order valence-corrected chi connectivity index (χ0v) is 13.5. The predicted octanol–water partition coefficient (Wildman–Crippen LogP) is 1.27. The van der Waals surface area contributed by atoms with Crippen molar-refractivity contribution in [2.24, 2.45) is 10.7 Å². The first kappa shape index (κ1) is 17.7. The maximum atomic E-state index is 11.2. The van der Waals surface area contributed by atoms with Gasteiger partial charge < -0.3 is 15.5 Å². The first-order valence-corrected chi connectivity index (χ1v) is 7.52. The van der Waals surface area contributed by atoms with Gasteiger partial charge in [-0.3, -0.25) is 9.59 Å². The van der Waals surface area contributed by atoms with Gasteiger partial charge in [0.1, 0.15) is 0 Å². The lowest BCUT2D eigenvalue weighted by Crippen LogP contribution is -2.51. The molecule has 0 saturated carbocycles. The lowest BCUT2D eigenvalue weighted by molar-refractivity contribution is -0.134. The number of Topliss-reactive ketones (excluding diaryl/α,β-unsaturated/α-hetero) is 1. The molecule has 1 aromatic rings. The van der Waals surface area contributed by atoms with Crippen molar-refractivity contribution in [3.8, 4) is 0 Å². The fourth-order valence-corrected chi connectivity index (χ4v) is 2.09. The molecular weight excluding hydrogens is 280 g/mol. The Bertz CT molecular complexity index is 520. The second kappa shape index (κ2) is 8.81. The fourth-order valence-electron chi connectivity index (χ4n) is 2.09. The van der Waals surface area contributed by atoms with Crippen LogP contribution in [0.15, 0.2) is 35.3 Å². The Kier molecular flexibility index (Phi) is 7.08. The van der Waals surface area contributed by atoms with Gasteiger partial charge in [0.2, 0.25) is 5.78 Å². The summed E-state index contributed by atoms with van der Waals surface area (Å²) >= 11 is 0. The minimum Gasteiger partial charge on any atom is -0.369 e. The molecule has 6 heteroatoms. The monoisotopic (exact) mass is 304 g/mol. The number of aliphatic imine (C=N–C) groups is 1. The Balaban J connectivity index is 0.00000116. The van der Waals surface area contributed by atoms with Crippen LogP contribution in [-0.2, 0) is 9.59 Å². The highest BCUT2D eigenvalue weighted by Gasteiger charge is 2.19. The van der Waals surface area contributed by atoms with Crippen LogP contribution < -0.4 is 10.6 Å². The number of carbonyl (C=O) groups excluding carboxylic acids is 2. The second-order valence-electron chi connectivity index (χ2n) is 4.64. The van der Waals surface area contributed by atoms with E-state index in [4.69, 9.17) is 5.73 Å². The third-order valence-corrected chi connectivity index (χ3v) is 3.24. The number of hydrogen-bond donors (Lipinski definition) is 1. The molecule has 6 nitrogen and oxygen atoms in total. The molecule has 1 saturated heterocycles. The molecule has 0 unspecified atom stereocenters. The van der Waals surface area contributed by atoms with Gasteiger partial charge in [-0.2, -0.15) is 4.99 Å². The minimum absolute atomic E-state index is 0.123. The summed E-state index contributed by atoms with van der Waals surface area (Å²) < 4.78 is 0. The van der Waals surface area contributed by atoms with E-state index in [9.17, 15) is 9.59 Å². The van der Waals surface area contributed by atoms with Crippen LogP contribution in [0, 0.1) is 0 Å². The largest absolute Gasteiger partial charge is 0.369 e. The number of guanidine groups is 1. The van der Waals surface area contributed by atoms with Crippen molar-refractivity contribution in [3.63, 3.8) is 0 Å². The van der Waals surface area contributed by atoms with Gasteiger partial charge in [0.15, 0.2) is 5.96 Å². The standard InChI is InChI=1S/C14H18N4O2.C2H6/c1-11(19)13(20)16-14(15)18-9-7-17(8-10-18)12-5-3-2-4-6-12;1-2/h2-6H,7-10H2,1H3,(H2,15,16,20);1-2H3. The fraction of sp³-hybridized carbons (Fsp3) is 0.438. The molecule has 22 heavy (non-hydrogen) atoms. The van der Waals surface area contributed by atoms with Crippen LogP contribution in [0.5, 0.6) is 0 Å². The number of piperazine rings is 1. The minimum atomic E-state index is -0.798. The average Bonchev–Trinajstić information content (AvgIpc) is 2.57. The molecule has 1 amide bonds. The van der Waals surface area contributed by atoms with E-state index in [-0.39, 0.29) is 5.96 Å². The first-order valence-electron chi connectivity index (χ1n) is 7.52. The van der Waals surface area contributed by atoms with E-state index >= 15 is 0 Å². The van der Waals surface area contributed by atoms with Crippen molar-refractivity contribution in [3.05, 3.63) is 30.3 Å². The molecule has 1 aliphatic rings. The Morgan fingerprint density at radius 3 is 2.09 bits per heavy atom. The summed E-state index contributed by atoms with van der Waals surface area (Å²) in [6.07, 6.45) is 0. The number of ketones is 1. The Hall–Kier alpha value is -2.37. The number of carbonyl (C=O) groups is 2. The van der Waals surface area contributed by atoms with E-state index in [1.165, 1.54) is 12.6 Å². The van der Waals surface area contributed by atoms with Crippen LogP contribution >= 0.6 is 0 Å². The molecule has 1 aliphatic heterocycles. The third kappa shape index (κ3) is 4.87.